The molecule has 2 aromatic rings. The number of non-ortho nitro benzene ring substituents is 1. The van der Waals surface area contributed by atoms with Gasteiger partial charge in [-0.05, 0) is 46.6 Å². The van der Waals surface area contributed by atoms with Crippen LogP contribution in [0.25, 0.3) is 0 Å². The van der Waals surface area contributed by atoms with E-state index in [1.807, 2.05) is 25.1 Å². The SMILES string of the molecule is CCNC(=O)c1cccc(CNc2ccc([N+](=O)[O-])cc2Br)c1. The molecule has 0 saturated heterocycles. The van der Waals surface area contributed by atoms with Gasteiger partial charge in [-0.2, -0.15) is 0 Å². The smallest absolute Gasteiger partial charge is 0.270 e. The third-order valence-corrected chi connectivity index (χ3v) is 3.83. The van der Waals surface area contributed by atoms with Gasteiger partial charge in [-0.3, -0.25) is 14.9 Å². The number of rotatable bonds is 6. The molecule has 0 spiro atoms. The predicted octanol–water partition coefficient (Wildman–Crippen LogP) is 3.72. The van der Waals surface area contributed by atoms with Crippen LogP contribution in [0, 0.1) is 10.1 Å². The van der Waals surface area contributed by atoms with Gasteiger partial charge >= 0.3 is 0 Å². The Labute approximate surface area is 142 Å². The van der Waals surface area contributed by atoms with E-state index in [1.54, 1.807) is 12.1 Å². The van der Waals surface area contributed by atoms with E-state index in [0.29, 0.717) is 23.1 Å². The Morgan fingerprint density at radius 2 is 2.04 bits per heavy atom. The van der Waals surface area contributed by atoms with Crippen molar-refractivity contribution in [2.24, 2.45) is 0 Å². The van der Waals surface area contributed by atoms with Crippen LogP contribution in [0.4, 0.5) is 11.4 Å². The van der Waals surface area contributed by atoms with Gasteiger partial charge in [0, 0.05) is 40.9 Å². The quantitative estimate of drug-likeness (QED) is 0.593. The third-order valence-electron chi connectivity index (χ3n) is 3.17. The topological polar surface area (TPSA) is 84.3 Å². The number of hydrogen-bond donors (Lipinski definition) is 2. The zero-order valence-corrected chi connectivity index (χ0v) is 14.1. The Balaban J connectivity index is 2.08. The van der Waals surface area contributed by atoms with Crippen molar-refractivity contribution in [2.45, 2.75) is 13.5 Å². The fraction of sp³-hybridized carbons (Fsp3) is 0.188. The summed E-state index contributed by atoms with van der Waals surface area (Å²) in [4.78, 5) is 22.1. The van der Waals surface area contributed by atoms with E-state index < -0.39 is 4.92 Å². The summed E-state index contributed by atoms with van der Waals surface area (Å²) in [7, 11) is 0. The lowest BCUT2D eigenvalue weighted by Crippen LogP contribution is -2.22. The molecule has 0 atom stereocenters. The molecule has 0 aliphatic heterocycles. The summed E-state index contributed by atoms with van der Waals surface area (Å²) in [5.41, 5.74) is 2.33. The molecule has 0 bridgehead atoms. The minimum atomic E-state index is -0.440. The number of anilines is 1. The second-order valence-corrected chi connectivity index (χ2v) is 5.69. The van der Waals surface area contributed by atoms with Crippen LogP contribution in [0.15, 0.2) is 46.9 Å². The maximum atomic E-state index is 11.8. The Hall–Kier alpha value is -2.41. The van der Waals surface area contributed by atoms with Crippen molar-refractivity contribution in [3.05, 3.63) is 68.2 Å². The molecule has 2 N–H and O–H groups in total. The van der Waals surface area contributed by atoms with Crippen LogP contribution in [0.5, 0.6) is 0 Å². The molecule has 2 aromatic carbocycles. The Morgan fingerprint density at radius 1 is 1.26 bits per heavy atom. The summed E-state index contributed by atoms with van der Waals surface area (Å²) in [5, 5.41) is 16.7. The van der Waals surface area contributed by atoms with Gasteiger partial charge in [0.15, 0.2) is 0 Å². The van der Waals surface area contributed by atoms with Gasteiger partial charge in [-0.15, -0.1) is 0 Å². The second-order valence-electron chi connectivity index (χ2n) is 4.83. The lowest BCUT2D eigenvalue weighted by molar-refractivity contribution is -0.384. The highest BCUT2D eigenvalue weighted by Crippen LogP contribution is 2.27. The molecule has 0 unspecified atom stereocenters. The van der Waals surface area contributed by atoms with Gasteiger partial charge in [0.25, 0.3) is 11.6 Å². The van der Waals surface area contributed by atoms with Crippen molar-refractivity contribution in [1.82, 2.24) is 5.32 Å². The van der Waals surface area contributed by atoms with E-state index >= 15 is 0 Å². The van der Waals surface area contributed by atoms with E-state index in [1.165, 1.54) is 12.1 Å². The number of benzene rings is 2. The largest absolute Gasteiger partial charge is 0.380 e. The molecule has 0 aromatic heterocycles. The lowest BCUT2D eigenvalue weighted by Gasteiger charge is -2.10. The molecule has 0 saturated carbocycles. The van der Waals surface area contributed by atoms with E-state index in [9.17, 15) is 14.9 Å². The fourth-order valence-corrected chi connectivity index (χ4v) is 2.55. The van der Waals surface area contributed by atoms with Crippen LogP contribution >= 0.6 is 15.9 Å². The van der Waals surface area contributed by atoms with Crippen LogP contribution in [0.3, 0.4) is 0 Å². The minimum absolute atomic E-state index is 0.0284. The van der Waals surface area contributed by atoms with Crippen LogP contribution < -0.4 is 10.6 Å². The van der Waals surface area contributed by atoms with E-state index in [0.717, 1.165) is 11.3 Å². The minimum Gasteiger partial charge on any atom is -0.380 e. The number of nitrogens with one attached hydrogen (secondary N) is 2. The first-order valence-corrected chi connectivity index (χ1v) is 7.85. The number of carbonyl (C=O) groups excluding carboxylic acids is 1. The van der Waals surface area contributed by atoms with Crippen LogP contribution in [-0.4, -0.2) is 17.4 Å². The first kappa shape index (κ1) is 17.0. The Bertz CT molecular complexity index is 734. The molecule has 0 aliphatic carbocycles. The highest BCUT2D eigenvalue weighted by atomic mass is 79.9. The summed E-state index contributed by atoms with van der Waals surface area (Å²) in [6.45, 7) is 2.95. The molecule has 0 aliphatic rings. The number of nitro benzene ring substituents is 1. The summed E-state index contributed by atoms with van der Waals surface area (Å²) in [6.07, 6.45) is 0. The molecule has 6 nitrogen and oxygen atoms in total. The summed E-state index contributed by atoms with van der Waals surface area (Å²) >= 11 is 3.32. The number of nitro groups is 1. The summed E-state index contributed by atoms with van der Waals surface area (Å²) in [6, 6.07) is 11.9. The number of amides is 1. The normalized spacial score (nSPS) is 10.2. The molecule has 0 heterocycles. The van der Waals surface area contributed by atoms with Crippen molar-refractivity contribution in [1.29, 1.82) is 0 Å². The van der Waals surface area contributed by atoms with Crippen LogP contribution in [0.1, 0.15) is 22.8 Å². The number of halogens is 1. The highest BCUT2D eigenvalue weighted by molar-refractivity contribution is 9.10. The molecule has 120 valence electrons. The van der Waals surface area contributed by atoms with Gasteiger partial charge in [-0.1, -0.05) is 12.1 Å². The zero-order valence-electron chi connectivity index (χ0n) is 12.5. The van der Waals surface area contributed by atoms with Crippen LogP contribution in [-0.2, 0) is 6.54 Å². The molecular formula is C16H16BrN3O3. The fourth-order valence-electron chi connectivity index (χ4n) is 2.04. The van der Waals surface area contributed by atoms with Gasteiger partial charge in [-0.25, -0.2) is 0 Å². The monoisotopic (exact) mass is 377 g/mol. The van der Waals surface area contributed by atoms with E-state index in [2.05, 4.69) is 26.6 Å². The molecule has 23 heavy (non-hydrogen) atoms. The van der Waals surface area contributed by atoms with Crippen molar-refractivity contribution in [3.63, 3.8) is 0 Å². The van der Waals surface area contributed by atoms with Crippen molar-refractivity contribution < 1.29 is 9.72 Å². The lowest BCUT2D eigenvalue weighted by atomic mass is 10.1. The molecule has 7 heteroatoms. The van der Waals surface area contributed by atoms with Gasteiger partial charge in [0.05, 0.1) is 4.92 Å². The Kier molecular flexibility index (Phi) is 5.70. The number of nitrogens with zero attached hydrogens (tertiary/aromatic N) is 1. The predicted molar refractivity (Wildman–Crippen MR) is 92.6 cm³/mol. The van der Waals surface area contributed by atoms with Crippen LogP contribution in [0.2, 0.25) is 0 Å². The number of hydrogen-bond acceptors (Lipinski definition) is 4. The Morgan fingerprint density at radius 3 is 2.70 bits per heavy atom. The second kappa shape index (κ2) is 7.73. The summed E-state index contributed by atoms with van der Waals surface area (Å²) in [5.74, 6) is -0.106. The average molecular weight is 378 g/mol. The first-order valence-electron chi connectivity index (χ1n) is 7.06. The molecule has 0 radical (unpaired) electrons. The van der Waals surface area contributed by atoms with E-state index in [4.69, 9.17) is 0 Å². The third kappa shape index (κ3) is 4.53. The standard InChI is InChI=1S/C16H16BrN3O3/c1-2-18-16(21)12-5-3-4-11(8-12)10-19-15-7-6-13(20(22)23)9-14(15)17/h3-9,19H,2,10H2,1H3,(H,18,21). The maximum absolute atomic E-state index is 11.8. The van der Waals surface area contributed by atoms with Gasteiger partial charge in [0.2, 0.25) is 0 Å². The highest BCUT2D eigenvalue weighted by Gasteiger charge is 2.09. The van der Waals surface area contributed by atoms with Gasteiger partial charge in [0.1, 0.15) is 0 Å². The summed E-state index contributed by atoms with van der Waals surface area (Å²) < 4.78 is 0.617. The average Bonchev–Trinajstić information content (AvgIpc) is 2.54. The van der Waals surface area contributed by atoms with Gasteiger partial charge < -0.3 is 10.6 Å². The van der Waals surface area contributed by atoms with Crippen molar-refractivity contribution in [3.8, 4) is 0 Å². The molecule has 2 rings (SSSR count). The maximum Gasteiger partial charge on any atom is 0.270 e. The molecule has 0 fully saturated rings. The van der Waals surface area contributed by atoms with Crippen molar-refractivity contribution >= 4 is 33.2 Å². The number of carbonyl (C=O) groups is 1. The molecular weight excluding hydrogens is 362 g/mol. The zero-order chi connectivity index (χ0) is 16.8. The first-order chi connectivity index (χ1) is 11.0. The molecule has 1 amide bonds. The van der Waals surface area contributed by atoms with E-state index in [-0.39, 0.29) is 11.6 Å². The van der Waals surface area contributed by atoms with Crippen molar-refractivity contribution in [2.75, 3.05) is 11.9 Å².